The van der Waals surface area contributed by atoms with Gasteiger partial charge in [-0.15, -0.1) is 0 Å². The average Bonchev–Trinajstić information content (AvgIpc) is 2.55. The van der Waals surface area contributed by atoms with Gasteiger partial charge in [0.2, 0.25) is 0 Å². The van der Waals surface area contributed by atoms with Crippen molar-refractivity contribution in [2.75, 3.05) is 20.3 Å². The first kappa shape index (κ1) is 15.8. The predicted octanol–water partition coefficient (Wildman–Crippen LogP) is 3.20. The molecule has 3 heteroatoms. The van der Waals surface area contributed by atoms with Crippen LogP contribution in [0, 0.1) is 18.8 Å². The van der Waals surface area contributed by atoms with Crippen molar-refractivity contribution in [3.63, 3.8) is 0 Å². The van der Waals surface area contributed by atoms with Crippen LogP contribution < -0.4 is 0 Å². The zero-order valence-corrected chi connectivity index (χ0v) is 12.8. The number of methoxy groups -OCH3 is 1. The fourth-order valence-corrected chi connectivity index (χ4v) is 1.77. The summed E-state index contributed by atoms with van der Waals surface area (Å²) in [5, 5.41) is 0. The molecular weight excluding hydrogens is 276 g/mol. The van der Waals surface area contributed by atoms with Crippen LogP contribution in [0.1, 0.15) is 27.0 Å². The lowest BCUT2D eigenvalue weighted by molar-refractivity contribution is 0.0388. The van der Waals surface area contributed by atoms with Crippen LogP contribution in [0.4, 0.5) is 0 Å². The summed E-state index contributed by atoms with van der Waals surface area (Å²) >= 11 is 0. The van der Waals surface area contributed by atoms with Crippen LogP contribution in [0.3, 0.4) is 0 Å². The largest absolute Gasteiger partial charge is 0.460 e. The minimum Gasteiger partial charge on any atom is -0.460 e. The molecule has 2 aromatic carbocycles. The van der Waals surface area contributed by atoms with Gasteiger partial charge in [-0.05, 0) is 43.3 Å². The van der Waals surface area contributed by atoms with E-state index in [1.165, 1.54) is 5.56 Å². The summed E-state index contributed by atoms with van der Waals surface area (Å²) in [6.07, 6.45) is 0. The van der Waals surface area contributed by atoms with Crippen molar-refractivity contribution in [1.82, 2.24) is 0 Å². The van der Waals surface area contributed by atoms with Crippen molar-refractivity contribution in [3.05, 3.63) is 70.8 Å². The van der Waals surface area contributed by atoms with Crippen LogP contribution in [0.5, 0.6) is 0 Å². The van der Waals surface area contributed by atoms with Crippen LogP contribution in [-0.4, -0.2) is 26.3 Å². The van der Waals surface area contributed by atoms with Crippen molar-refractivity contribution >= 4 is 5.97 Å². The minimum absolute atomic E-state index is 0.254. The normalized spacial score (nSPS) is 9.73. The smallest absolute Gasteiger partial charge is 0.338 e. The van der Waals surface area contributed by atoms with Gasteiger partial charge in [-0.25, -0.2) is 4.79 Å². The van der Waals surface area contributed by atoms with Crippen molar-refractivity contribution in [3.8, 4) is 11.8 Å². The fraction of sp³-hybridized carbons (Fsp3) is 0.211. The van der Waals surface area contributed by atoms with E-state index in [-0.39, 0.29) is 12.6 Å². The lowest BCUT2D eigenvalue weighted by atomic mass is 10.1. The molecule has 22 heavy (non-hydrogen) atoms. The standard InChI is InChI=1S/C19H18O3/c1-15-3-5-16(6-4-15)7-8-17-9-11-18(12-10-17)19(20)22-14-13-21-2/h3-6,9-12H,13-14H2,1-2H3. The number of hydrogen-bond acceptors (Lipinski definition) is 3. The third-order valence-electron chi connectivity index (χ3n) is 3.04. The van der Waals surface area contributed by atoms with Crippen molar-refractivity contribution < 1.29 is 14.3 Å². The molecule has 0 fully saturated rings. The maximum atomic E-state index is 11.7. The van der Waals surface area contributed by atoms with E-state index in [1.54, 1.807) is 19.2 Å². The lowest BCUT2D eigenvalue weighted by Gasteiger charge is -2.03. The summed E-state index contributed by atoms with van der Waals surface area (Å²) in [5.41, 5.74) is 3.54. The Labute approximate surface area is 130 Å². The van der Waals surface area contributed by atoms with Crippen molar-refractivity contribution in [2.24, 2.45) is 0 Å². The number of benzene rings is 2. The van der Waals surface area contributed by atoms with Crippen LogP contribution in [0.15, 0.2) is 48.5 Å². The first-order chi connectivity index (χ1) is 10.7. The molecule has 0 aliphatic heterocycles. The van der Waals surface area contributed by atoms with Gasteiger partial charge in [-0.2, -0.15) is 0 Å². The van der Waals surface area contributed by atoms with Crippen LogP contribution in [0.25, 0.3) is 0 Å². The van der Waals surface area contributed by atoms with Gasteiger partial charge < -0.3 is 9.47 Å². The van der Waals surface area contributed by atoms with E-state index < -0.39 is 0 Å². The molecule has 0 spiro atoms. The summed E-state index contributed by atoms with van der Waals surface area (Å²) in [6.45, 7) is 2.69. The van der Waals surface area contributed by atoms with Gasteiger partial charge in [0.25, 0.3) is 0 Å². The first-order valence-corrected chi connectivity index (χ1v) is 7.04. The van der Waals surface area contributed by atoms with Crippen molar-refractivity contribution in [2.45, 2.75) is 6.92 Å². The van der Waals surface area contributed by atoms with Gasteiger partial charge in [0.15, 0.2) is 0 Å². The molecule has 0 aromatic heterocycles. The van der Waals surface area contributed by atoms with Crippen molar-refractivity contribution in [1.29, 1.82) is 0 Å². The van der Waals surface area contributed by atoms with E-state index in [9.17, 15) is 4.79 Å². The highest BCUT2D eigenvalue weighted by atomic mass is 16.6. The summed E-state index contributed by atoms with van der Waals surface area (Å²) in [7, 11) is 1.56. The van der Waals surface area contributed by atoms with E-state index in [2.05, 4.69) is 11.8 Å². The molecule has 0 unspecified atom stereocenters. The highest BCUT2D eigenvalue weighted by Crippen LogP contribution is 2.06. The van der Waals surface area contributed by atoms with Gasteiger partial charge in [0, 0.05) is 18.2 Å². The molecule has 0 saturated heterocycles. The average molecular weight is 294 g/mol. The molecule has 0 heterocycles. The zero-order valence-electron chi connectivity index (χ0n) is 12.8. The lowest BCUT2D eigenvalue weighted by Crippen LogP contribution is -2.09. The van der Waals surface area contributed by atoms with E-state index >= 15 is 0 Å². The van der Waals surface area contributed by atoms with E-state index in [0.29, 0.717) is 12.2 Å². The maximum absolute atomic E-state index is 11.7. The molecule has 0 aliphatic rings. The Morgan fingerprint density at radius 1 is 0.909 bits per heavy atom. The summed E-state index contributed by atoms with van der Waals surface area (Å²) in [5.74, 6) is 5.82. The van der Waals surface area contributed by atoms with Gasteiger partial charge in [0.05, 0.1) is 12.2 Å². The van der Waals surface area contributed by atoms with E-state index in [1.807, 2.05) is 43.3 Å². The van der Waals surface area contributed by atoms with E-state index in [0.717, 1.165) is 11.1 Å². The topological polar surface area (TPSA) is 35.5 Å². The van der Waals surface area contributed by atoms with Gasteiger partial charge in [-0.3, -0.25) is 0 Å². The third kappa shape index (κ3) is 4.76. The predicted molar refractivity (Wildman–Crippen MR) is 85.8 cm³/mol. The molecule has 2 aromatic rings. The zero-order chi connectivity index (χ0) is 15.8. The summed E-state index contributed by atoms with van der Waals surface area (Å²) in [6, 6.07) is 15.1. The van der Waals surface area contributed by atoms with Gasteiger partial charge >= 0.3 is 5.97 Å². The number of esters is 1. The Bertz CT molecular complexity index is 673. The maximum Gasteiger partial charge on any atom is 0.338 e. The first-order valence-electron chi connectivity index (χ1n) is 7.04. The van der Waals surface area contributed by atoms with Crippen LogP contribution in [0.2, 0.25) is 0 Å². The summed E-state index contributed by atoms with van der Waals surface area (Å²) < 4.78 is 9.88. The number of carbonyl (C=O) groups excluding carboxylic acids is 1. The third-order valence-corrected chi connectivity index (χ3v) is 3.04. The molecule has 0 amide bonds. The second kappa shape index (κ2) is 8.02. The second-order valence-corrected chi connectivity index (χ2v) is 4.82. The highest BCUT2D eigenvalue weighted by Gasteiger charge is 2.05. The molecule has 0 aliphatic carbocycles. The van der Waals surface area contributed by atoms with Crippen LogP contribution in [-0.2, 0) is 9.47 Å². The Balaban J connectivity index is 2.00. The fourth-order valence-electron chi connectivity index (χ4n) is 1.77. The molecule has 0 atom stereocenters. The quantitative estimate of drug-likeness (QED) is 0.493. The number of rotatable bonds is 4. The Morgan fingerprint density at radius 2 is 1.45 bits per heavy atom. The molecule has 2 rings (SSSR count). The molecule has 112 valence electrons. The number of carbonyl (C=O) groups is 1. The minimum atomic E-state index is -0.352. The number of hydrogen-bond donors (Lipinski definition) is 0. The monoisotopic (exact) mass is 294 g/mol. The highest BCUT2D eigenvalue weighted by molar-refractivity contribution is 5.89. The van der Waals surface area contributed by atoms with Gasteiger partial charge in [0.1, 0.15) is 6.61 Å². The molecule has 3 nitrogen and oxygen atoms in total. The molecule has 0 saturated carbocycles. The Kier molecular flexibility index (Phi) is 5.76. The number of aryl methyl sites for hydroxylation is 1. The SMILES string of the molecule is COCCOC(=O)c1ccc(C#Cc2ccc(C)cc2)cc1. The van der Waals surface area contributed by atoms with Crippen LogP contribution >= 0.6 is 0 Å². The summed E-state index contributed by atoms with van der Waals surface area (Å²) in [4.78, 5) is 11.7. The molecular formula is C19H18O3. The Morgan fingerprint density at radius 3 is 2.00 bits per heavy atom. The molecule has 0 N–H and O–H groups in total. The molecule has 0 bridgehead atoms. The Hall–Kier alpha value is -2.57. The van der Waals surface area contributed by atoms with E-state index in [4.69, 9.17) is 9.47 Å². The molecule has 0 radical (unpaired) electrons. The van der Waals surface area contributed by atoms with Gasteiger partial charge in [-0.1, -0.05) is 29.5 Å². The number of ether oxygens (including phenoxy) is 2. The second-order valence-electron chi connectivity index (χ2n) is 4.82.